The van der Waals surface area contributed by atoms with Crippen molar-refractivity contribution in [3.8, 4) is 34.1 Å². The molecule has 3 aromatic carbocycles. The third-order valence-electron chi connectivity index (χ3n) is 5.10. The Balaban J connectivity index is 1.39. The summed E-state index contributed by atoms with van der Waals surface area (Å²) >= 11 is 0. The van der Waals surface area contributed by atoms with Gasteiger partial charge in [0.25, 0.3) is 5.91 Å². The molecule has 0 atom stereocenters. The van der Waals surface area contributed by atoms with Crippen molar-refractivity contribution >= 4 is 11.6 Å². The molecule has 6 heteroatoms. The van der Waals surface area contributed by atoms with Gasteiger partial charge in [-0.3, -0.25) is 4.79 Å². The standard InChI is InChI=1S/C26H19N3O3/c1-17-6-8-19(9-7-17)24-15-28-26(32-24)22-5-3-2-4-21(22)25(30)29-20-12-10-18(11-13-20)23-14-27-16-31-23/h2-16H,1H3,(H,29,30). The lowest BCUT2D eigenvalue weighted by Gasteiger charge is -2.09. The zero-order valence-corrected chi connectivity index (χ0v) is 17.3. The van der Waals surface area contributed by atoms with Crippen molar-refractivity contribution in [1.29, 1.82) is 0 Å². The van der Waals surface area contributed by atoms with Gasteiger partial charge in [0.2, 0.25) is 5.89 Å². The molecule has 6 nitrogen and oxygen atoms in total. The first-order valence-corrected chi connectivity index (χ1v) is 10.1. The van der Waals surface area contributed by atoms with E-state index in [0.29, 0.717) is 34.2 Å². The van der Waals surface area contributed by atoms with E-state index in [1.165, 1.54) is 12.0 Å². The minimum Gasteiger partial charge on any atom is -0.444 e. The van der Waals surface area contributed by atoms with Crippen LogP contribution in [0, 0.1) is 6.92 Å². The molecule has 1 N–H and O–H groups in total. The first kappa shape index (κ1) is 19.5. The number of hydrogen-bond acceptors (Lipinski definition) is 5. The predicted octanol–water partition coefficient (Wildman–Crippen LogP) is 6.22. The topological polar surface area (TPSA) is 81.2 Å². The molecule has 0 aliphatic carbocycles. The molecule has 0 aliphatic heterocycles. The van der Waals surface area contributed by atoms with E-state index in [1.54, 1.807) is 18.5 Å². The quantitative estimate of drug-likeness (QED) is 0.364. The smallest absolute Gasteiger partial charge is 0.256 e. The summed E-state index contributed by atoms with van der Waals surface area (Å²) in [5.74, 6) is 1.47. The van der Waals surface area contributed by atoms with Crippen LogP contribution >= 0.6 is 0 Å². The molecule has 0 unspecified atom stereocenters. The number of rotatable bonds is 5. The van der Waals surface area contributed by atoms with Crippen LogP contribution in [0.5, 0.6) is 0 Å². The molecule has 0 fully saturated rings. The van der Waals surface area contributed by atoms with Gasteiger partial charge in [-0.15, -0.1) is 0 Å². The van der Waals surface area contributed by atoms with Crippen LogP contribution in [-0.4, -0.2) is 15.9 Å². The summed E-state index contributed by atoms with van der Waals surface area (Å²) in [6, 6.07) is 22.6. The zero-order valence-electron chi connectivity index (χ0n) is 17.3. The monoisotopic (exact) mass is 421 g/mol. The highest BCUT2D eigenvalue weighted by atomic mass is 16.4. The molecule has 0 saturated heterocycles. The number of aromatic nitrogens is 2. The molecule has 32 heavy (non-hydrogen) atoms. The zero-order chi connectivity index (χ0) is 21.9. The Kier molecular flexibility index (Phi) is 5.09. The Labute approximate surface area is 184 Å². The number of carbonyl (C=O) groups excluding carboxylic acids is 1. The van der Waals surface area contributed by atoms with Gasteiger partial charge in [-0.25, -0.2) is 9.97 Å². The summed E-state index contributed by atoms with van der Waals surface area (Å²) in [5, 5.41) is 2.93. The van der Waals surface area contributed by atoms with E-state index in [-0.39, 0.29) is 5.91 Å². The van der Waals surface area contributed by atoms with Gasteiger partial charge >= 0.3 is 0 Å². The van der Waals surface area contributed by atoms with Crippen LogP contribution in [0.1, 0.15) is 15.9 Å². The number of aryl methyl sites for hydroxylation is 1. The van der Waals surface area contributed by atoms with Crippen LogP contribution < -0.4 is 5.32 Å². The lowest BCUT2D eigenvalue weighted by Crippen LogP contribution is -2.13. The largest absolute Gasteiger partial charge is 0.444 e. The number of anilines is 1. The van der Waals surface area contributed by atoms with Gasteiger partial charge in [0.05, 0.1) is 18.0 Å². The number of hydrogen-bond donors (Lipinski definition) is 1. The third kappa shape index (κ3) is 3.94. The maximum Gasteiger partial charge on any atom is 0.256 e. The number of benzene rings is 3. The molecule has 5 rings (SSSR count). The van der Waals surface area contributed by atoms with Gasteiger partial charge in [0.1, 0.15) is 0 Å². The van der Waals surface area contributed by atoms with E-state index in [9.17, 15) is 4.79 Å². The molecule has 1 amide bonds. The average Bonchev–Trinajstić information content (AvgIpc) is 3.53. The lowest BCUT2D eigenvalue weighted by molar-refractivity contribution is 0.102. The van der Waals surface area contributed by atoms with Crippen molar-refractivity contribution in [3.63, 3.8) is 0 Å². The molecule has 5 aromatic rings. The van der Waals surface area contributed by atoms with Crippen molar-refractivity contribution < 1.29 is 13.6 Å². The Hall–Kier alpha value is -4.45. The highest BCUT2D eigenvalue weighted by molar-refractivity contribution is 6.08. The van der Waals surface area contributed by atoms with Crippen LogP contribution in [-0.2, 0) is 0 Å². The second-order valence-corrected chi connectivity index (χ2v) is 7.34. The van der Waals surface area contributed by atoms with E-state index in [2.05, 4.69) is 15.3 Å². The van der Waals surface area contributed by atoms with Crippen LogP contribution in [0.3, 0.4) is 0 Å². The molecular weight excluding hydrogens is 402 g/mol. The fraction of sp³-hybridized carbons (Fsp3) is 0.0385. The SMILES string of the molecule is Cc1ccc(-c2cnc(-c3ccccc3C(=O)Nc3ccc(-c4cnco4)cc3)o2)cc1. The minimum absolute atomic E-state index is 0.247. The predicted molar refractivity (Wildman–Crippen MR) is 122 cm³/mol. The number of carbonyl (C=O) groups is 1. The Morgan fingerprint density at radius 2 is 1.56 bits per heavy atom. The molecule has 0 aliphatic rings. The van der Waals surface area contributed by atoms with Gasteiger partial charge in [-0.1, -0.05) is 42.0 Å². The first-order chi connectivity index (χ1) is 15.7. The van der Waals surface area contributed by atoms with Gasteiger partial charge in [-0.05, 0) is 43.3 Å². The summed E-state index contributed by atoms with van der Waals surface area (Å²) in [7, 11) is 0. The first-order valence-electron chi connectivity index (χ1n) is 10.1. The fourth-order valence-electron chi connectivity index (χ4n) is 3.39. The molecule has 0 bridgehead atoms. The summed E-state index contributed by atoms with van der Waals surface area (Å²) in [5.41, 5.74) is 4.75. The van der Waals surface area contributed by atoms with Crippen LogP contribution in [0.25, 0.3) is 34.1 Å². The maximum absolute atomic E-state index is 13.0. The van der Waals surface area contributed by atoms with E-state index < -0.39 is 0 Å². The van der Waals surface area contributed by atoms with Gasteiger partial charge in [0, 0.05) is 22.4 Å². The summed E-state index contributed by atoms with van der Waals surface area (Å²) < 4.78 is 11.3. The molecule has 0 radical (unpaired) electrons. The number of nitrogens with zero attached hydrogens (tertiary/aromatic N) is 2. The van der Waals surface area contributed by atoms with Crippen molar-refractivity contribution in [2.75, 3.05) is 5.32 Å². The summed E-state index contributed by atoms with van der Waals surface area (Å²) in [4.78, 5) is 21.4. The van der Waals surface area contributed by atoms with E-state index in [0.717, 1.165) is 11.1 Å². The van der Waals surface area contributed by atoms with Gasteiger partial charge in [-0.2, -0.15) is 0 Å². The van der Waals surface area contributed by atoms with Crippen molar-refractivity contribution in [2.45, 2.75) is 6.92 Å². The third-order valence-corrected chi connectivity index (χ3v) is 5.10. The fourth-order valence-corrected chi connectivity index (χ4v) is 3.39. The van der Waals surface area contributed by atoms with E-state index >= 15 is 0 Å². The Morgan fingerprint density at radius 3 is 2.31 bits per heavy atom. The Bertz CT molecular complexity index is 1350. The number of amides is 1. The van der Waals surface area contributed by atoms with Crippen LogP contribution in [0.4, 0.5) is 5.69 Å². The summed E-state index contributed by atoms with van der Waals surface area (Å²) in [6.07, 6.45) is 4.71. The minimum atomic E-state index is -0.247. The molecule has 0 spiro atoms. The maximum atomic E-state index is 13.0. The van der Waals surface area contributed by atoms with Crippen molar-refractivity contribution in [3.05, 3.63) is 103 Å². The second-order valence-electron chi connectivity index (χ2n) is 7.34. The highest BCUT2D eigenvalue weighted by Crippen LogP contribution is 2.29. The normalized spacial score (nSPS) is 10.8. The van der Waals surface area contributed by atoms with Gasteiger partial charge in [0.15, 0.2) is 17.9 Å². The van der Waals surface area contributed by atoms with Gasteiger partial charge < -0.3 is 14.2 Å². The van der Waals surface area contributed by atoms with Crippen molar-refractivity contribution in [2.24, 2.45) is 0 Å². The number of oxazole rings is 2. The van der Waals surface area contributed by atoms with Crippen LogP contribution in [0.15, 0.2) is 100 Å². The van der Waals surface area contributed by atoms with Crippen LogP contribution in [0.2, 0.25) is 0 Å². The van der Waals surface area contributed by atoms with E-state index in [4.69, 9.17) is 8.83 Å². The molecule has 156 valence electrons. The lowest BCUT2D eigenvalue weighted by atomic mass is 10.1. The number of nitrogens with one attached hydrogen (secondary N) is 1. The van der Waals surface area contributed by atoms with Crippen molar-refractivity contribution in [1.82, 2.24) is 9.97 Å². The molecule has 2 heterocycles. The molecule has 0 saturated carbocycles. The Morgan fingerprint density at radius 1 is 0.844 bits per heavy atom. The molecule has 2 aromatic heterocycles. The molecular formula is C26H19N3O3. The highest BCUT2D eigenvalue weighted by Gasteiger charge is 2.17. The van der Waals surface area contributed by atoms with E-state index in [1.807, 2.05) is 73.7 Å². The second kappa shape index (κ2) is 8.35. The summed E-state index contributed by atoms with van der Waals surface area (Å²) in [6.45, 7) is 2.03. The average molecular weight is 421 g/mol.